The third-order valence-electron chi connectivity index (χ3n) is 3.21. The molecule has 11 nitrogen and oxygen atoms in total. The molecule has 0 unspecified atom stereocenters. The Bertz CT molecular complexity index is 1080. The van der Waals surface area contributed by atoms with E-state index in [1.807, 2.05) is 5.32 Å². The average molecular weight is 462 g/mol. The van der Waals surface area contributed by atoms with Crippen molar-refractivity contribution in [3.05, 3.63) is 45.8 Å². The van der Waals surface area contributed by atoms with Crippen LogP contribution in [0.1, 0.15) is 15.2 Å². The van der Waals surface area contributed by atoms with E-state index in [1.165, 1.54) is 24.3 Å². The molecule has 0 saturated carbocycles. The first-order valence-corrected chi connectivity index (χ1v) is 10.1. The number of nitrogens with one attached hydrogen (secondary N) is 3. The Morgan fingerprint density at radius 1 is 1.07 bits per heavy atom. The van der Waals surface area contributed by atoms with E-state index in [1.54, 1.807) is 4.72 Å². The smallest absolute Gasteiger partial charge is 0.394 e. The van der Waals surface area contributed by atoms with Crippen molar-refractivity contribution in [3.8, 4) is 0 Å². The third-order valence-corrected chi connectivity index (χ3v) is 5.86. The number of anilines is 1. The van der Waals surface area contributed by atoms with Gasteiger partial charge in [0.15, 0.2) is 0 Å². The number of sulfonamides is 1. The lowest BCUT2D eigenvalue weighted by Crippen LogP contribution is -2.38. The molecule has 29 heavy (non-hydrogen) atoms. The summed E-state index contributed by atoms with van der Waals surface area (Å²) >= 11 is 6.39. The normalized spacial score (nSPS) is 10.8. The van der Waals surface area contributed by atoms with E-state index in [2.05, 4.69) is 5.32 Å². The van der Waals surface area contributed by atoms with Crippen LogP contribution in [0.3, 0.4) is 0 Å². The van der Waals surface area contributed by atoms with Crippen molar-refractivity contribution >= 4 is 61.8 Å². The summed E-state index contributed by atoms with van der Waals surface area (Å²) in [5.74, 6) is -4.66. The van der Waals surface area contributed by atoms with Gasteiger partial charge in [-0.1, -0.05) is 11.6 Å². The number of amides is 3. The number of hydrogen-bond acceptors (Lipinski definition) is 7. The molecular weight excluding hydrogens is 450 g/mol. The van der Waals surface area contributed by atoms with Crippen LogP contribution in [0.4, 0.5) is 9.80 Å². The fraction of sp³-hybridized carbons (Fsp3) is 0.0667. The number of halogens is 1. The molecule has 0 bridgehead atoms. The van der Waals surface area contributed by atoms with Crippen LogP contribution >= 0.6 is 22.9 Å². The van der Waals surface area contributed by atoms with Crippen LogP contribution in [0.15, 0.2) is 35.2 Å². The predicted molar refractivity (Wildman–Crippen MR) is 102 cm³/mol. The number of carbonyl (C=O) groups is 4. The highest BCUT2D eigenvalue weighted by Crippen LogP contribution is 2.28. The highest BCUT2D eigenvalue weighted by molar-refractivity contribution is 7.90. The molecule has 0 spiro atoms. The Balaban J connectivity index is 2.06. The first-order valence-electron chi connectivity index (χ1n) is 7.46. The Labute approximate surface area is 172 Å². The fourth-order valence-corrected chi connectivity index (χ4v) is 3.97. The van der Waals surface area contributed by atoms with Gasteiger partial charge in [0.1, 0.15) is 5.00 Å². The van der Waals surface area contributed by atoms with Gasteiger partial charge in [-0.25, -0.2) is 27.5 Å². The Kier molecular flexibility index (Phi) is 6.79. The predicted octanol–water partition coefficient (Wildman–Crippen LogP) is 1.31. The largest absolute Gasteiger partial charge is 0.478 e. The molecule has 14 heteroatoms. The van der Waals surface area contributed by atoms with Gasteiger partial charge >= 0.3 is 23.9 Å². The highest BCUT2D eigenvalue weighted by Gasteiger charge is 2.21. The van der Waals surface area contributed by atoms with Gasteiger partial charge in [0.05, 0.1) is 17.0 Å². The number of hydrogen-bond donors (Lipinski definition) is 5. The summed E-state index contributed by atoms with van der Waals surface area (Å²) in [6.45, 7) is -0.282. The second-order valence-electron chi connectivity index (χ2n) is 5.26. The lowest BCUT2D eigenvalue weighted by atomic mass is 10.3. The molecule has 0 aliphatic carbocycles. The minimum Gasteiger partial charge on any atom is -0.478 e. The van der Waals surface area contributed by atoms with E-state index in [0.29, 0.717) is 16.4 Å². The zero-order valence-corrected chi connectivity index (χ0v) is 16.5. The van der Waals surface area contributed by atoms with E-state index in [4.69, 9.17) is 21.8 Å². The van der Waals surface area contributed by atoms with Crippen molar-refractivity contribution < 1.29 is 37.8 Å². The molecule has 1 aromatic carbocycles. The van der Waals surface area contributed by atoms with Crippen molar-refractivity contribution in [2.45, 2.75) is 11.4 Å². The summed E-state index contributed by atoms with van der Waals surface area (Å²) in [6, 6.07) is 5.10. The molecule has 0 aliphatic heterocycles. The SMILES string of the molecule is O=C(NCc1cc(C(=O)O)c(NC(=O)C(=O)O)s1)NS(=O)(=O)c1ccc(Cl)cc1. The van der Waals surface area contributed by atoms with Gasteiger partial charge in [0.2, 0.25) is 0 Å². The molecule has 1 heterocycles. The van der Waals surface area contributed by atoms with Crippen molar-refractivity contribution in [3.63, 3.8) is 0 Å². The summed E-state index contributed by atoms with van der Waals surface area (Å²) in [6.07, 6.45) is 0. The van der Waals surface area contributed by atoms with Crippen LogP contribution in [0.5, 0.6) is 0 Å². The van der Waals surface area contributed by atoms with E-state index in [-0.39, 0.29) is 26.9 Å². The molecule has 2 rings (SSSR count). The third kappa shape index (κ3) is 5.91. The number of aromatic carboxylic acids is 1. The number of carboxylic acids is 2. The lowest BCUT2D eigenvalue weighted by molar-refractivity contribution is -0.147. The molecular formula is C15H12ClN3O8S2. The molecule has 0 radical (unpaired) electrons. The van der Waals surface area contributed by atoms with Gasteiger partial charge in [-0.3, -0.25) is 4.79 Å². The Morgan fingerprint density at radius 2 is 1.69 bits per heavy atom. The first kappa shape index (κ1) is 22.1. The van der Waals surface area contributed by atoms with Crippen LogP contribution in [0.2, 0.25) is 5.02 Å². The zero-order valence-electron chi connectivity index (χ0n) is 14.1. The van der Waals surface area contributed by atoms with Gasteiger partial charge < -0.3 is 20.8 Å². The van der Waals surface area contributed by atoms with Gasteiger partial charge in [-0.2, -0.15) is 0 Å². The molecule has 2 aromatic rings. The Hall–Kier alpha value is -3.16. The number of rotatable bonds is 6. The van der Waals surface area contributed by atoms with Gasteiger partial charge in [-0.05, 0) is 30.3 Å². The highest BCUT2D eigenvalue weighted by atomic mass is 35.5. The van der Waals surface area contributed by atoms with Crippen LogP contribution in [0.25, 0.3) is 0 Å². The molecule has 154 valence electrons. The molecule has 3 amide bonds. The van der Waals surface area contributed by atoms with Crippen LogP contribution in [-0.2, 0) is 26.2 Å². The second-order valence-corrected chi connectivity index (χ2v) is 8.52. The summed E-state index contributed by atoms with van der Waals surface area (Å²) in [4.78, 5) is 44.9. The van der Waals surface area contributed by atoms with Crippen LogP contribution in [0, 0.1) is 0 Å². The van der Waals surface area contributed by atoms with Crippen LogP contribution < -0.4 is 15.4 Å². The second kappa shape index (κ2) is 8.89. The zero-order chi connectivity index (χ0) is 21.8. The van der Waals surface area contributed by atoms with E-state index in [9.17, 15) is 27.6 Å². The average Bonchev–Trinajstić information content (AvgIpc) is 3.03. The topological polar surface area (TPSA) is 179 Å². The molecule has 5 N–H and O–H groups in total. The Morgan fingerprint density at radius 3 is 2.24 bits per heavy atom. The van der Waals surface area contributed by atoms with Crippen molar-refractivity contribution in [2.75, 3.05) is 5.32 Å². The van der Waals surface area contributed by atoms with Crippen molar-refractivity contribution in [2.24, 2.45) is 0 Å². The fourth-order valence-electron chi connectivity index (χ4n) is 1.94. The van der Waals surface area contributed by atoms with Gasteiger partial charge in [0, 0.05) is 9.90 Å². The van der Waals surface area contributed by atoms with E-state index in [0.717, 1.165) is 6.07 Å². The van der Waals surface area contributed by atoms with E-state index < -0.39 is 33.9 Å². The van der Waals surface area contributed by atoms with Crippen molar-refractivity contribution in [1.82, 2.24) is 10.0 Å². The minimum absolute atomic E-state index is 0.194. The standard InChI is InChI=1S/C15H12ClN3O8S2/c16-7-1-3-9(4-2-7)29(26,27)19-15(25)17-6-8-5-10(13(21)22)12(28-8)18-11(20)14(23)24/h1-5H,6H2,(H,18,20)(H,21,22)(H,23,24)(H2,17,19,25). The van der Waals surface area contributed by atoms with Crippen LogP contribution in [-0.4, -0.2) is 42.5 Å². The number of thiophene rings is 1. The lowest BCUT2D eigenvalue weighted by Gasteiger charge is -2.08. The molecule has 0 atom stereocenters. The summed E-state index contributed by atoms with van der Waals surface area (Å²) < 4.78 is 26.0. The minimum atomic E-state index is -4.16. The van der Waals surface area contributed by atoms with Gasteiger partial charge in [-0.15, -0.1) is 11.3 Å². The maximum atomic E-state index is 12.1. The number of carboxylic acid groups (broad SMARTS) is 2. The van der Waals surface area contributed by atoms with Gasteiger partial charge in [0.25, 0.3) is 10.0 Å². The summed E-state index contributed by atoms with van der Waals surface area (Å²) in [5, 5.41) is 21.9. The summed E-state index contributed by atoms with van der Waals surface area (Å²) in [7, 11) is -4.16. The molecule has 0 aliphatic rings. The quantitative estimate of drug-likeness (QED) is 0.399. The number of urea groups is 1. The number of carbonyl (C=O) groups excluding carboxylic acids is 2. The number of aliphatic carboxylic acids is 1. The first-order chi connectivity index (χ1) is 13.5. The maximum Gasteiger partial charge on any atom is 0.394 e. The van der Waals surface area contributed by atoms with Crippen molar-refractivity contribution in [1.29, 1.82) is 0 Å². The summed E-state index contributed by atoms with van der Waals surface area (Å²) in [5.41, 5.74) is -0.379. The number of benzene rings is 1. The molecule has 0 fully saturated rings. The van der Waals surface area contributed by atoms with E-state index >= 15 is 0 Å². The maximum absolute atomic E-state index is 12.1. The molecule has 1 aromatic heterocycles. The molecule has 0 saturated heterocycles. The monoisotopic (exact) mass is 461 g/mol.